The summed E-state index contributed by atoms with van der Waals surface area (Å²) in [6.45, 7) is 3.35. The smallest absolute Gasteiger partial charge is 0.237 e. The molecule has 0 aliphatic heterocycles. The zero-order valence-corrected chi connectivity index (χ0v) is 14.8. The number of carbonyl (C=O) groups is 2. The molecule has 0 spiro atoms. The van der Waals surface area contributed by atoms with Crippen LogP contribution in [0.1, 0.15) is 24.2 Å². The highest BCUT2D eigenvalue weighted by Gasteiger charge is 2.17. The van der Waals surface area contributed by atoms with Crippen LogP contribution in [0.5, 0.6) is 0 Å². The second-order valence-corrected chi connectivity index (χ2v) is 7.43. The van der Waals surface area contributed by atoms with Gasteiger partial charge in [0.1, 0.15) is 16.2 Å². The molecule has 0 aliphatic rings. The lowest BCUT2D eigenvalue weighted by atomic mass is 10.1. The minimum atomic E-state index is -0.310. The summed E-state index contributed by atoms with van der Waals surface area (Å²) in [6.07, 6.45) is 1.52. The fourth-order valence-electron chi connectivity index (χ4n) is 2.11. The summed E-state index contributed by atoms with van der Waals surface area (Å²) in [5.74, 6) is -0.113. The van der Waals surface area contributed by atoms with Gasteiger partial charge in [0, 0.05) is 16.6 Å². The van der Waals surface area contributed by atoms with Crippen LogP contribution in [0.3, 0.4) is 0 Å². The molecule has 1 amide bonds. The van der Waals surface area contributed by atoms with Gasteiger partial charge >= 0.3 is 0 Å². The molecule has 3 aromatic rings. The van der Waals surface area contributed by atoms with Crippen LogP contribution in [0.15, 0.2) is 47.1 Å². The van der Waals surface area contributed by atoms with Crippen LogP contribution in [0, 0.1) is 0 Å². The van der Waals surface area contributed by atoms with E-state index in [9.17, 15) is 9.59 Å². The lowest BCUT2D eigenvalue weighted by molar-refractivity contribution is -0.115. The molecule has 24 heavy (non-hydrogen) atoms. The first-order valence-electron chi connectivity index (χ1n) is 7.31. The van der Waals surface area contributed by atoms with Gasteiger partial charge in [0.05, 0.1) is 5.25 Å². The molecule has 2 heterocycles. The van der Waals surface area contributed by atoms with Crippen molar-refractivity contribution in [2.45, 2.75) is 24.1 Å². The Balaban J connectivity index is 1.68. The first-order chi connectivity index (χ1) is 11.5. The molecule has 5 nitrogen and oxygen atoms in total. The standard InChI is InChI=1S/C17H15N3O2S2/c1-10(21)12-3-5-13(6-4-12)20-15(22)11(2)24-17-14-7-8-23-16(14)18-9-19-17/h3-9,11H,1-2H3,(H,20,22)/t11-/m1/s1. The molecule has 1 N–H and O–H groups in total. The number of amides is 1. The molecule has 1 aromatic carbocycles. The number of carbonyl (C=O) groups excluding carboxylic acids is 2. The summed E-state index contributed by atoms with van der Waals surface area (Å²) in [5.41, 5.74) is 1.29. The van der Waals surface area contributed by atoms with E-state index in [4.69, 9.17) is 0 Å². The van der Waals surface area contributed by atoms with Gasteiger partial charge in [0.15, 0.2) is 5.78 Å². The van der Waals surface area contributed by atoms with E-state index in [0.29, 0.717) is 11.3 Å². The Kier molecular flexibility index (Phi) is 4.92. The van der Waals surface area contributed by atoms with Gasteiger partial charge in [-0.3, -0.25) is 9.59 Å². The number of nitrogens with zero attached hydrogens (tertiary/aromatic N) is 2. The molecular formula is C17H15N3O2S2. The second-order valence-electron chi connectivity index (χ2n) is 5.20. The van der Waals surface area contributed by atoms with E-state index in [-0.39, 0.29) is 16.9 Å². The van der Waals surface area contributed by atoms with Crippen molar-refractivity contribution in [3.05, 3.63) is 47.6 Å². The zero-order chi connectivity index (χ0) is 17.1. The van der Waals surface area contributed by atoms with Gasteiger partial charge in [-0.2, -0.15) is 0 Å². The third kappa shape index (κ3) is 3.63. The highest BCUT2D eigenvalue weighted by molar-refractivity contribution is 8.00. The zero-order valence-electron chi connectivity index (χ0n) is 13.1. The maximum Gasteiger partial charge on any atom is 0.237 e. The van der Waals surface area contributed by atoms with Crippen LogP contribution in [-0.2, 0) is 4.79 Å². The van der Waals surface area contributed by atoms with E-state index in [1.807, 2.05) is 18.4 Å². The Morgan fingerprint density at radius 1 is 1.17 bits per heavy atom. The van der Waals surface area contributed by atoms with E-state index in [1.165, 1.54) is 25.0 Å². The number of anilines is 1. The monoisotopic (exact) mass is 357 g/mol. The van der Waals surface area contributed by atoms with Gasteiger partial charge in [-0.05, 0) is 49.6 Å². The predicted octanol–water partition coefficient (Wildman–Crippen LogP) is 4.01. The van der Waals surface area contributed by atoms with Crippen LogP contribution in [0.25, 0.3) is 10.2 Å². The van der Waals surface area contributed by atoms with Crippen molar-refractivity contribution < 1.29 is 9.59 Å². The minimum Gasteiger partial charge on any atom is -0.325 e. The number of rotatable bonds is 5. The Morgan fingerprint density at radius 2 is 1.92 bits per heavy atom. The summed E-state index contributed by atoms with van der Waals surface area (Å²) >= 11 is 2.95. The summed E-state index contributed by atoms with van der Waals surface area (Å²) in [4.78, 5) is 33.1. The topological polar surface area (TPSA) is 72.0 Å². The van der Waals surface area contributed by atoms with Crippen LogP contribution < -0.4 is 5.32 Å². The summed E-state index contributed by atoms with van der Waals surface area (Å²) in [6, 6.07) is 8.83. The SMILES string of the molecule is CC(=O)c1ccc(NC(=O)[C@@H](C)Sc2ncnc3sccc23)cc1. The number of nitrogens with one attached hydrogen (secondary N) is 1. The van der Waals surface area contributed by atoms with E-state index in [2.05, 4.69) is 15.3 Å². The normalized spacial score (nSPS) is 12.1. The molecular weight excluding hydrogens is 342 g/mol. The molecule has 0 aliphatic carbocycles. The quantitative estimate of drug-likeness (QED) is 0.424. The summed E-state index contributed by atoms with van der Waals surface area (Å²) < 4.78 is 0. The van der Waals surface area contributed by atoms with Crippen LogP contribution in [0.2, 0.25) is 0 Å². The molecule has 1 atom stereocenters. The third-order valence-corrected chi connectivity index (χ3v) is 5.38. The van der Waals surface area contributed by atoms with Crippen LogP contribution in [0.4, 0.5) is 5.69 Å². The van der Waals surface area contributed by atoms with Crippen LogP contribution >= 0.6 is 23.1 Å². The van der Waals surface area contributed by atoms with Gasteiger partial charge in [-0.25, -0.2) is 9.97 Å². The number of ketones is 1. The number of Topliss-reactive ketones (excluding diaryl/α,β-unsaturated/α-hetero) is 1. The highest BCUT2D eigenvalue weighted by atomic mass is 32.2. The molecule has 0 saturated carbocycles. The highest BCUT2D eigenvalue weighted by Crippen LogP contribution is 2.30. The van der Waals surface area contributed by atoms with Crippen molar-refractivity contribution in [2.24, 2.45) is 0 Å². The number of hydrogen-bond donors (Lipinski definition) is 1. The minimum absolute atomic E-state index is 0.000316. The van der Waals surface area contributed by atoms with Gasteiger partial charge in [-0.15, -0.1) is 11.3 Å². The molecule has 0 saturated heterocycles. The molecule has 0 bridgehead atoms. The average Bonchev–Trinajstić information content (AvgIpc) is 3.05. The maximum atomic E-state index is 12.4. The lowest BCUT2D eigenvalue weighted by Crippen LogP contribution is -2.22. The van der Waals surface area contributed by atoms with E-state index in [1.54, 1.807) is 35.6 Å². The molecule has 122 valence electrons. The number of thioether (sulfide) groups is 1. The van der Waals surface area contributed by atoms with E-state index in [0.717, 1.165) is 15.2 Å². The van der Waals surface area contributed by atoms with Gasteiger partial charge in [0.2, 0.25) is 5.91 Å². The first-order valence-corrected chi connectivity index (χ1v) is 9.07. The van der Waals surface area contributed by atoms with Crippen molar-refractivity contribution >= 4 is 50.7 Å². The molecule has 0 fully saturated rings. The third-order valence-electron chi connectivity index (χ3n) is 3.44. The number of hydrogen-bond acceptors (Lipinski definition) is 6. The summed E-state index contributed by atoms with van der Waals surface area (Å²) in [5, 5.41) is 6.28. The largest absolute Gasteiger partial charge is 0.325 e. The molecule has 7 heteroatoms. The second kappa shape index (κ2) is 7.11. The number of fused-ring (bicyclic) bond motifs is 1. The number of benzene rings is 1. The van der Waals surface area contributed by atoms with Crippen molar-refractivity contribution in [3.63, 3.8) is 0 Å². The first kappa shape index (κ1) is 16.6. The molecule has 2 aromatic heterocycles. The van der Waals surface area contributed by atoms with Gasteiger partial charge < -0.3 is 5.32 Å². The number of aromatic nitrogens is 2. The van der Waals surface area contributed by atoms with E-state index >= 15 is 0 Å². The van der Waals surface area contributed by atoms with E-state index < -0.39 is 0 Å². The lowest BCUT2D eigenvalue weighted by Gasteiger charge is -2.12. The van der Waals surface area contributed by atoms with Crippen LogP contribution in [-0.4, -0.2) is 26.9 Å². The van der Waals surface area contributed by atoms with Crippen molar-refractivity contribution in [3.8, 4) is 0 Å². The Morgan fingerprint density at radius 3 is 2.62 bits per heavy atom. The summed E-state index contributed by atoms with van der Waals surface area (Å²) in [7, 11) is 0. The predicted molar refractivity (Wildman–Crippen MR) is 97.8 cm³/mol. The number of thiophene rings is 1. The Bertz CT molecular complexity index is 890. The van der Waals surface area contributed by atoms with Crippen molar-refractivity contribution in [1.29, 1.82) is 0 Å². The Labute approximate surface area is 147 Å². The maximum absolute atomic E-state index is 12.4. The molecule has 3 rings (SSSR count). The van der Waals surface area contributed by atoms with Gasteiger partial charge in [-0.1, -0.05) is 11.8 Å². The molecule has 0 unspecified atom stereocenters. The van der Waals surface area contributed by atoms with Crippen molar-refractivity contribution in [2.75, 3.05) is 5.32 Å². The average molecular weight is 357 g/mol. The fraction of sp³-hybridized carbons (Fsp3) is 0.176. The molecule has 0 radical (unpaired) electrons. The fourth-order valence-corrected chi connectivity index (χ4v) is 3.81. The Hall–Kier alpha value is -2.25. The van der Waals surface area contributed by atoms with Gasteiger partial charge in [0.25, 0.3) is 0 Å². The van der Waals surface area contributed by atoms with Crippen molar-refractivity contribution in [1.82, 2.24) is 9.97 Å².